The molecule has 0 saturated carbocycles. The molecular formula is C19H40O. The first-order valence-corrected chi connectivity index (χ1v) is 9.12. The second-order valence-corrected chi connectivity index (χ2v) is 7.42. The van der Waals surface area contributed by atoms with E-state index in [2.05, 4.69) is 27.7 Å². The summed E-state index contributed by atoms with van der Waals surface area (Å²) in [6.07, 6.45) is 14.7. The largest absolute Gasteiger partial charge is 0.390 e. The Kier molecular flexibility index (Phi) is 11.6. The van der Waals surface area contributed by atoms with Gasteiger partial charge in [0.25, 0.3) is 0 Å². The lowest BCUT2D eigenvalue weighted by atomic mass is 9.84. The van der Waals surface area contributed by atoms with E-state index in [0.29, 0.717) is 5.92 Å². The molecule has 122 valence electrons. The highest BCUT2D eigenvalue weighted by Gasteiger charge is 2.24. The zero-order valence-corrected chi connectivity index (χ0v) is 14.9. The average Bonchev–Trinajstić information content (AvgIpc) is 2.39. The number of unbranched alkanes of at least 4 members (excludes halogenated alkanes) is 7. The monoisotopic (exact) mass is 284 g/mol. The first kappa shape index (κ1) is 20.0. The predicted octanol–water partition coefficient (Wildman–Crippen LogP) is 6.34. The SMILES string of the molecule is CCCCCCCCCCC(C)CCC(C)(O)C(C)C. The fourth-order valence-corrected chi connectivity index (χ4v) is 2.60. The molecule has 0 radical (unpaired) electrons. The number of aliphatic hydroxyl groups is 1. The van der Waals surface area contributed by atoms with Crippen molar-refractivity contribution in [3.63, 3.8) is 0 Å². The Morgan fingerprint density at radius 3 is 1.80 bits per heavy atom. The van der Waals surface area contributed by atoms with Gasteiger partial charge in [-0.15, -0.1) is 0 Å². The molecule has 0 heterocycles. The van der Waals surface area contributed by atoms with Gasteiger partial charge < -0.3 is 5.11 Å². The number of hydrogen-bond donors (Lipinski definition) is 1. The predicted molar refractivity (Wildman–Crippen MR) is 91.1 cm³/mol. The topological polar surface area (TPSA) is 20.2 Å². The summed E-state index contributed by atoms with van der Waals surface area (Å²) in [6, 6.07) is 0. The first-order chi connectivity index (χ1) is 9.40. The van der Waals surface area contributed by atoms with Crippen LogP contribution in [0.2, 0.25) is 0 Å². The average molecular weight is 285 g/mol. The minimum atomic E-state index is -0.479. The van der Waals surface area contributed by atoms with Crippen LogP contribution in [0.15, 0.2) is 0 Å². The van der Waals surface area contributed by atoms with Gasteiger partial charge in [-0.3, -0.25) is 0 Å². The summed E-state index contributed by atoms with van der Waals surface area (Å²) in [5, 5.41) is 10.3. The van der Waals surface area contributed by atoms with Crippen molar-refractivity contribution in [1.29, 1.82) is 0 Å². The molecule has 0 rings (SSSR count). The van der Waals surface area contributed by atoms with E-state index in [4.69, 9.17) is 0 Å². The van der Waals surface area contributed by atoms with E-state index in [-0.39, 0.29) is 0 Å². The fourth-order valence-electron chi connectivity index (χ4n) is 2.60. The van der Waals surface area contributed by atoms with Crippen LogP contribution in [0, 0.1) is 11.8 Å². The molecule has 0 aliphatic carbocycles. The van der Waals surface area contributed by atoms with E-state index < -0.39 is 5.60 Å². The third-order valence-electron chi connectivity index (χ3n) is 4.94. The molecular weight excluding hydrogens is 244 g/mol. The summed E-state index contributed by atoms with van der Waals surface area (Å²) in [4.78, 5) is 0. The van der Waals surface area contributed by atoms with Crippen LogP contribution in [0.4, 0.5) is 0 Å². The molecule has 2 unspecified atom stereocenters. The molecule has 20 heavy (non-hydrogen) atoms. The van der Waals surface area contributed by atoms with Crippen molar-refractivity contribution in [2.75, 3.05) is 0 Å². The lowest BCUT2D eigenvalue weighted by molar-refractivity contribution is 0.0000434. The lowest BCUT2D eigenvalue weighted by Crippen LogP contribution is -2.31. The van der Waals surface area contributed by atoms with Gasteiger partial charge in [-0.2, -0.15) is 0 Å². The minimum absolute atomic E-state index is 0.359. The Labute approximate surface area is 128 Å². The van der Waals surface area contributed by atoms with Crippen molar-refractivity contribution in [1.82, 2.24) is 0 Å². The Bertz CT molecular complexity index is 208. The Balaban J connectivity index is 3.43. The van der Waals surface area contributed by atoms with Crippen molar-refractivity contribution in [2.45, 2.75) is 111 Å². The third-order valence-corrected chi connectivity index (χ3v) is 4.94. The van der Waals surface area contributed by atoms with Gasteiger partial charge in [-0.05, 0) is 31.6 Å². The molecule has 1 nitrogen and oxygen atoms in total. The van der Waals surface area contributed by atoms with Crippen molar-refractivity contribution in [2.24, 2.45) is 11.8 Å². The molecule has 1 heteroatoms. The molecule has 0 aromatic heterocycles. The van der Waals surface area contributed by atoms with Crippen LogP contribution in [-0.2, 0) is 0 Å². The van der Waals surface area contributed by atoms with Crippen molar-refractivity contribution in [3.8, 4) is 0 Å². The standard InChI is InChI=1S/C19H40O/c1-6-7-8-9-10-11-12-13-14-18(4)15-16-19(5,20)17(2)3/h17-18,20H,6-16H2,1-5H3. The fraction of sp³-hybridized carbons (Fsp3) is 1.00. The molecule has 0 saturated heterocycles. The van der Waals surface area contributed by atoms with Crippen molar-refractivity contribution >= 4 is 0 Å². The molecule has 0 aliphatic rings. The van der Waals surface area contributed by atoms with Gasteiger partial charge in [0.15, 0.2) is 0 Å². The van der Waals surface area contributed by atoms with Gasteiger partial charge in [-0.1, -0.05) is 85.5 Å². The summed E-state index contributed by atoms with van der Waals surface area (Å²) in [6.45, 7) is 10.8. The van der Waals surface area contributed by atoms with Crippen molar-refractivity contribution in [3.05, 3.63) is 0 Å². The lowest BCUT2D eigenvalue weighted by Gasteiger charge is -2.29. The van der Waals surface area contributed by atoms with E-state index >= 15 is 0 Å². The van der Waals surface area contributed by atoms with Crippen LogP contribution in [0.3, 0.4) is 0 Å². The van der Waals surface area contributed by atoms with Crippen LogP contribution in [0.1, 0.15) is 105 Å². The maximum Gasteiger partial charge on any atom is 0.0642 e. The van der Waals surface area contributed by atoms with Crippen LogP contribution < -0.4 is 0 Å². The van der Waals surface area contributed by atoms with E-state index in [0.717, 1.165) is 12.3 Å². The molecule has 0 amide bonds. The normalized spacial score (nSPS) is 16.4. The van der Waals surface area contributed by atoms with E-state index in [1.165, 1.54) is 64.2 Å². The summed E-state index contributed by atoms with van der Waals surface area (Å²) >= 11 is 0. The van der Waals surface area contributed by atoms with Gasteiger partial charge >= 0.3 is 0 Å². The minimum Gasteiger partial charge on any atom is -0.390 e. The third kappa shape index (κ3) is 10.7. The van der Waals surface area contributed by atoms with Gasteiger partial charge in [0.2, 0.25) is 0 Å². The van der Waals surface area contributed by atoms with Gasteiger partial charge in [0.1, 0.15) is 0 Å². The highest BCUT2D eigenvalue weighted by atomic mass is 16.3. The van der Waals surface area contributed by atoms with E-state index in [1.54, 1.807) is 0 Å². The van der Waals surface area contributed by atoms with E-state index in [9.17, 15) is 5.11 Å². The molecule has 0 aromatic carbocycles. The summed E-state index contributed by atoms with van der Waals surface area (Å²) in [5.41, 5.74) is -0.479. The highest BCUT2D eigenvalue weighted by Crippen LogP contribution is 2.26. The molecule has 0 aliphatic heterocycles. The first-order valence-electron chi connectivity index (χ1n) is 9.12. The maximum absolute atomic E-state index is 10.3. The zero-order chi connectivity index (χ0) is 15.4. The van der Waals surface area contributed by atoms with Gasteiger partial charge in [0.05, 0.1) is 5.60 Å². The molecule has 0 fully saturated rings. The quantitative estimate of drug-likeness (QED) is 0.391. The second-order valence-electron chi connectivity index (χ2n) is 7.42. The zero-order valence-electron chi connectivity index (χ0n) is 14.9. The smallest absolute Gasteiger partial charge is 0.0642 e. The number of hydrogen-bond acceptors (Lipinski definition) is 1. The molecule has 2 atom stereocenters. The van der Waals surface area contributed by atoms with Gasteiger partial charge in [-0.25, -0.2) is 0 Å². The number of rotatable bonds is 13. The summed E-state index contributed by atoms with van der Waals surface area (Å²) < 4.78 is 0. The summed E-state index contributed by atoms with van der Waals surface area (Å²) in [5.74, 6) is 1.12. The molecule has 0 bridgehead atoms. The summed E-state index contributed by atoms with van der Waals surface area (Å²) in [7, 11) is 0. The van der Waals surface area contributed by atoms with Gasteiger partial charge in [0, 0.05) is 0 Å². The van der Waals surface area contributed by atoms with Crippen LogP contribution >= 0.6 is 0 Å². The molecule has 0 aromatic rings. The second kappa shape index (κ2) is 11.6. The van der Waals surface area contributed by atoms with E-state index in [1.807, 2.05) is 6.92 Å². The van der Waals surface area contributed by atoms with Crippen LogP contribution in [0.25, 0.3) is 0 Å². The highest BCUT2D eigenvalue weighted by molar-refractivity contribution is 4.76. The Morgan fingerprint density at radius 1 is 0.800 bits per heavy atom. The van der Waals surface area contributed by atoms with Crippen LogP contribution in [0.5, 0.6) is 0 Å². The maximum atomic E-state index is 10.3. The Morgan fingerprint density at radius 2 is 1.30 bits per heavy atom. The Hall–Kier alpha value is -0.0400. The van der Waals surface area contributed by atoms with Crippen molar-refractivity contribution < 1.29 is 5.11 Å². The molecule has 0 spiro atoms. The molecule has 1 N–H and O–H groups in total. The van der Waals surface area contributed by atoms with Crippen LogP contribution in [-0.4, -0.2) is 10.7 Å².